The molecule has 4 atom stereocenters. The summed E-state index contributed by atoms with van der Waals surface area (Å²) in [5, 5.41) is 20.5. The summed E-state index contributed by atoms with van der Waals surface area (Å²) in [6, 6.07) is 0. The van der Waals surface area contributed by atoms with Gasteiger partial charge in [-0.2, -0.15) is 0 Å². The Morgan fingerprint density at radius 3 is 3.00 bits per heavy atom. The van der Waals surface area contributed by atoms with Gasteiger partial charge in [-0.1, -0.05) is 0 Å². The summed E-state index contributed by atoms with van der Waals surface area (Å²) < 4.78 is 23.7. The molecule has 6 N–H and O–H groups in total. The number of nitrogens with one attached hydrogen (secondary N) is 1. The Morgan fingerprint density at radius 2 is 2.27 bits per heavy atom. The summed E-state index contributed by atoms with van der Waals surface area (Å²) in [5.41, 5.74) is 6.54. The van der Waals surface area contributed by atoms with Crippen molar-refractivity contribution in [3.63, 3.8) is 0 Å². The van der Waals surface area contributed by atoms with Crippen LogP contribution in [-0.2, 0) is 18.6 Å². The zero-order valence-electron chi connectivity index (χ0n) is 13.3. The summed E-state index contributed by atoms with van der Waals surface area (Å²) in [6.45, 7) is -1.16. The van der Waals surface area contributed by atoms with Crippen LogP contribution in [0, 0.1) is 0 Å². The summed E-state index contributed by atoms with van der Waals surface area (Å²) >= 11 is 0. The third kappa shape index (κ3) is 3.98. The maximum absolute atomic E-state index is 11.7. The lowest BCUT2D eigenvalue weighted by atomic mass is 10.2. The predicted molar refractivity (Wildman–Crippen MR) is 85.7 cm³/mol. The number of carboxylic acid groups (broad SMARTS) is 1. The number of ether oxygens (including phenoxy) is 1. The molecule has 0 saturated carbocycles. The number of nitrogen functional groups attached to an aromatic ring is 1. The number of anilines is 1. The van der Waals surface area contributed by atoms with E-state index in [4.69, 9.17) is 20.1 Å². The number of hydrogen-bond donors (Lipinski definition) is 5. The van der Waals surface area contributed by atoms with Crippen molar-refractivity contribution in [3.05, 3.63) is 12.7 Å². The number of fused-ring (bicyclic) bond motifs is 1. The highest BCUT2D eigenvalue weighted by atomic mass is 31.2. The van der Waals surface area contributed by atoms with E-state index in [1.807, 2.05) is 5.09 Å². The molecule has 2 aromatic heterocycles. The van der Waals surface area contributed by atoms with Crippen LogP contribution in [0.2, 0.25) is 0 Å². The van der Waals surface area contributed by atoms with Gasteiger partial charge in [0, 0.05) is 6.42 Å². The van der Waals surface area contributed by atoms with Crippen LogP contribution in [0.15, 0.2) is 12.7 Å². The van der Waals surface area contributed by atoms with Gasteiger partial charge in [0.15, 0.2) is 11.5 Å². The quantitative estimate of drug-likeness (QED) is 0.358. The maximum atomic E-state index is 11.7. The van der Waals surface area contributed by atoms with Gasteiger partial charge in [-0.15, -0.1) is 0 Å². The fraction of sp³-hybridized carbons (Fsp3) is 0.500. The molecule has 0 amide bonds. The van der Waals surface area contributed by atoms with Gasteiger partial charge in [0.05, 0.1) is 19.0 Å². The van der Waals surface area contributed by atoms with Crippen LogP contribution in [0.3, 0.4) is 0 Å². The maximum Gasteiger partial charge on any atom is 0.403 e. The lowest BCUT2D eigenvalue weighted by Gasteiger charge is -2.18. The first kappa shape index (κ1) is 18.6. The Hall–Kier alpha value is -2.15. The number of carboxylic acids is 1. The second-order valence-corrected chi connectivity index (χ2v) is 7.18. The van der Waals surface area contributed by atoms with Gasteiger partial charge in [-0.3, -0.25) is 13.9 Å². The molecule has 142 valence electrons. The highest BCUT2D eigenvalue weighted by molar-refractivity contribution is 7.50. The Bertz CT molecular complexity index is 860. The van der Waals surface area contributed by atoms with Gasteiger partial charge in [0.2, 0.25) is 0 Å². The number of hydrogen-bond acceptors (Lipinski definition) is 9. The molecule has 26 heavy (non-hydrogen) atoms. The number of nitrogens with two attached hydrogens (primary N) is 1. The topological polar surface area (TPSA) is 195 Å². The van der Waals surface area contributed by atoms with E-state index in [2.05, 4.69) is 15.0 Å². The average Bonchev–Trinajstić information content (AvgIpc) is 3.16. The molecule has 0 bridgehead atoms. The fourth-order valence-electron chi connectivity index (χ4n) is 2.50. The molecule has 2 aromatic rings. The van der Waals surface area contributed by atoms with E-state index in [0.29, 0.717) is 11.2 Å². The third-order valence-electron chi connectivity index (χ3n) is 3.75. The molecule has 1 aliphatic rings. The number of imidazole rings is 1. The van der Waals surface area contributed by atoms with Gasteiger partial charge in [0.1, 0.15) is 30.7 Å². The fourth-order valence-corrected chi connectivity index (χ4v) is 3.28. The lowest BCUT2D eigenvalue weighted by Crippen LogP contribution is -2.28. The number of carbonyl (C=O) groups is 1. The normalized spacial score (nSPS) is 25.4. The van der Waals surface area contributed by atoms with Crippen LogP contribution in [0.25, 0.3) is 11.2 Å². The molecule has 0 aliphatic carbocycles. The van der Waals surface area contributed by atoms with E-state index < -0.39 is 45.3 Å². The molecule has 1 aliphatic heterocycles. The second-order valence-electron chi connectivity index (χ2n) is 5.56. The van der Waals surface area contributed by atoms with Crippen LogP contribution >= 0.6 is 7.75 Å². The number of nitrogens with zero attached hydrogens (tertiary/aromatic N) is 4. The van der Waals surface area contributed by atoms with Gasteiger partial charge < -0.3 is 25.6 Å². The van der Waals surface area contributed by atoms with E-state index in [0.717, 1.165) is 0 Å². The first-order valence-electron chi connectivity index (χ1n) is 7.47. The molecule has 13 nitrogen and oxygen atoms in total. The van der Waals surface area contributed by atoms with Crippen molar-refractivity contribution in [2.75, 3.05) is 18.9 Å². The van der Waals surface area contributed by atoms with Crippen molar-refractivity contribution in [1.82, 2.24) is 24.6 Å². The van der Waals surface area contributed by atoms with Gasteiger partial charge in [-0.05, 0) is 0 Å². The lowest BCUT2D eigenvalue weighted by molar-refractivity contribution is -0.135. The number of aromatic nitrogens is 4. The molecule has 0 spiro atoms. The first-order valence-corrected chi connectivity index (χ1v) is 9.05. The third-order valence-corrected chi connectivity index (χ3v) is 4.80. The molecule has 3 heterocycles. The molecular weight excluding hydrogens is 371 g/mol. The van der Waals surface area contributed by atoms with Crippen LogP contribution in [0.5, 0.6) is 0 Å². The second kappa shape index (κ2) is 7.23. The van der Waals surface area contributed by atoms with Crippen molar-refractivity contribution in [2.45, 2.75) is 24.9 Å². The minimum absolute atomic E-state index is 0.168. The number of aliphatic hydroxyl groups is 1. The standard InChI is InChI=1S/C12H17N6O7P/c13-11-10-12(15-4-14-11)18(5-16-10)8-1-6(19)7(25-8)3-24-26(22,23)17-2-9(20)21/h4-8,19H,1-3H2,(H,20,21)(H2,13,14,15)(H2,17,22,23)/t6-,7+,8+/m0/s1. The molecule has 1 saturated heterocycles. The van der Waals surface area contributed by atoms with Crippen LogP contribution in [-0.4, -0.2) is 66.0 Å². The monoisotopic (exact) mass is 388 g/mol. The number of aliphatic carboxylic acids is 1. The van der Waals surface area contributed by atoms with E-state index >= 15 is 0 Å². The van der Waals surface area contributed by atoms with E-state index in [-0.39, 0.29) is 12.2 Å². The predicted octanol–water partition coefficient (Wildman–Crippen LogP) is -1.15. The Kier molecular flexibility index (Phi) is 5.18. The number of aliphatic hydroxyl groups excluding tert-OH is 1. The van der Waals surface area contributed by atoms with E-state index in [1.165, 1.54) is 12.7 Å². The SMILES string of the molecule is Nc1ncnc2c1ncn2[C@H]1C[C@H](O)[C@@H](COP(=O)(O)NCC(=O)O)O1. The van der Waals surface area contributed by atoms with Crippen molar-refractivity contribution in [3.8, 4) is 0 Å². The zero-order chi connectivity index (χ0) is 18.9. The summed E-state index contributed by atoms with van der Waals surface area (Å²) in [5.74, 6) is -1.11. The molecule has 1 fully saturated rings. The Labute approximate surface area is 146 Å². The summed E-state index contributed by atoms with van der Waals surface area (Å²) in [4.78, 5) is 32.0. The van der Waals surface area contributed by atoms with Gasteiger partial charge in [0.25, 0.3) is 0 Å². The molecule has 3 rings (SSSR count). The highest BCUT2D eigenvalue weighted by Crippen LogP contribution is 2.39. The van der Waals surface area contributed by atoms with Crippen LogP contribution in [0.4, 0.5) is 5.82 Å². The van der Waals surface area contributed by atoms with Crippen molar-refractivity contribution in [1.29, 1.82) is 0 Å². The summed E-state index contributed by atoms with van der Waals surface area (Å²) in [7, 11) is -4.33. The van der Waals surface area contributed by atoms with Crippen molar-refractivity contribution < 1.29 is 33.7 Å². The zero-order valence-corrected chi connectivity index (χ0v) is 14.2. The van der Waals surface area contributed by atoms with Crippen molar-refractivity contribution >= 4 is 30.7 Å². The Morgan fingerprint density at radius 1 is 1.50 bits per heavy atom. The van der Waals surface area contributed by atoms with E-state index in [9.17, 15) is 19.4 Å². The largest absolute Gasteiger partial charge is 0.480 e. The van der Waals surface area contributed by atoms with Crippen LogP contribution < -0.4 is 10.8 Å². The smallest absolute Gasteiger partial charge is 0.403 e. The number of rotatable bonds is 7. The minimum atomic E-state index is -4.33. The van der Waals surface area contributed by atoms with Gasteiger partial charge >= 0.3 is 13.7 Å². The highest BCUT2D eigenvalue weighted by Gasteiger charge is 2.37. The molecule has 1 unspecified atom stereocenters. The van der Waals surface area contributed by atoms with Crippen LogP contribution in [0.1, 0.15) is 12.6 Å². The molecule has 0 aromatic carbocycles. The Balaban J connectivity index is 1.65. The van der Waals surface area contributed by atoms with Gasteiger partial charge in [-0.25, -0.2) is 24.6 Å². The average molecular weight is 388 g/mol. The molecule has 0 radical (unpaired) electrons. The van der Waals surface area contributed by atoms with E-state index in [1.54, 1.807) is 4.57 Å². The van der Waals surface area contributed by atoms with Crippen molar-refractivity contribution in [2.24, 2.45) is 0 Å². The summed E-state index contributed by atoms with van der Waals surface area (Å²) in [6.07, 6.45) is 0.379. The first-order chi connectivity index (χ1) is 12.3. The molecule has 14 heteroatoms. The molecular formula is C12H17N6O7P. The minimum Gasteiger partial charge on any atom is -0.480 e.